The Balaban J connectivity index is 1.83. The number of hydrogen-bond acceptors (Lipinski definition) is 6. The Bertz CT molecular complexity index is 697. The number of hydrogen-bond donors (Lipinski definition) is 1. The minimum atomic E-state index is -0.418. The number of non-ortho nitro benzene ring substituents is 1. The number of aromatic nitrogens is 2. The summed E-state index contributed by atoms with van der Waals surface area (Å²) in [5.74, 6) is 1.34. The van der Waals surface area contributed by atoms with Crippen LogP contribution in [0.2, 0.25) is 0 Å². The number of nitro groups is 1. The number of nitro benzene ring substituents is 1. The lowest BCUT2D eigenvalue weighted by Crippen LogP contribution is -2.28. The molecule has 1 aromatic heterocycles. The fraction of sp³-hybridized carbons (Fsp3) is 0.375. The first-order valence-corrected chi connectivity index (χ1v) is 7.56. The highest BCUT2D eigenvalue weighted by Crippen LogP contribution is 2.22. The van der Waals surface area contributed by atoms with Crippen LogP contribution in [0.5, 0.6) is 0 Å². The maximum atomic E-state index is 10.7. The molecule has 3 rings (SSSR count). The van der Waals surface area contributed by atoms with E-state index in [0.29, 0.717) is 11.9 Å². The zero-order valence-electron chi connectivity index (χ0n) is 12.9. The van der Waals surface area contributed by atoms with Gasteiger partial charge in [-0.25, -0.2) is 9.97 Å². The van der Waals surface area contributed by atoms with Gasteiger partial charge in [-0.3, -0.25) is 10.1 Å². The molecule has 1 aliphatic heterocycles. The van der Waals surface area contributed by atoms with Gasteiger partial charge in [-0.05, 0) is 31.9 Å². The third-order valence-electron chi connectivity index (χ3n) is 3.76. The maximum Gasteiger partial charge on any atom is 0.269 e. The van der Waals surface area contributed by atoms with Crippen LogP contribution in [0.15, 0.2) is 30.3 Å². The van der Waals surface area contributed by atoms with Gasteiger partial charge in [0.2, 0.25) is 0 Å². The second-order valence-corrected chi connectivity index (χ2v) is 5.55. The number of rotatable bonds is 4. The molecule has 120 valence electrons. The van der Waals surface area contributed by atoms with E-state index < -0.39 is 4.92 Å². The van der Waals surface area contributed by atoms with Crippen LogP contribution in [-0.4, -0.2) is 34.1 Å². The van der Waals surface area contributed by atoms with Crippen LogP contribution in [0.1, 0.15) is 18.5 Å². The van der Waals surface area contributed by atoms with Crippen molar-refractivity contribution in [3.8, 4) is 11.4 Å². The Hall–Kier alpha value is -2.54. The summed E-state index contributed by atoms with van der Waals surface area (Å²) in [4.78, 5) is 19.3. The van der Waals surface area contributed by atoms with Gasteiger partial charge in [0.05, 0.1) is 4.92 Å². The Morgan fingerprint density at radius 2 is 1.91 bits per heavy atom. The first-order chi connectivity index (χ1) is 11.1. The van der Waals surface area contributed by atoms with Gasteiger partial charge in [-0.2, -0.15) is 0 Å². The van der Waals surface area contributed by atoms with Crippen LogP contribution in [0.4, 0.5) is 11.5 Å². The highest BCUT2D eigenvalue weighted by atomic mass is 16.6. The molecule has 7 heteroatoms. The molecule has 2 aromatic rings. The zero-order chi connectivity index (χ0) is 16.2. The first-order valence-electron chi connectivity index (χ1n) is 7.56. The number of benzene rings is 1. The van der Waals surface area contributed by atoms with E-state index in [4.69, 9.17) is 4.74 Å². The molecule has 0 radical (unpaired) electrons. The van der Waals surface area contributed by atoms with Gasteiger partial charge in [-0.15, -0.1) is 0 Å². The molecule has 7 nitrogen and oxygen atoms in total. The Labute approximate surface area is 133 Å². The molecule has 1 N–H and O–H groups in total. The molecular formula is C16H18N4O3. The van der Waals surface area contributed by atoms with E-state index in [9.17, 15) is 10.1 Å². The average Bonchev–Trinajstić information content (AvgIpc) is 2.55. The average molecular weight is 314 g/mol. The van der Waals surface area contributed by atoms with Gasteiger partial charge < -0.3 is 10.1 Å². The molecule has 0 spiro atoms. The van der Waals surface area contributed by atoms with E-state index in [1.165, 1.54) is 12.1 Å². The van der Waals surface area contributed by atoms with E-state index >= 15 is 0 Å². The van der Waals surface area contributed by atoms with Crippen molar-refractivity contribution in [3.05, 3.63) is 46.1 Å². The van der Waals surface area contributed by atoms with E-state index in [1.54, 1.807) is 12.1 Å². The van der Waals surface area contributed by atoms with E-state index in [2.05, 4.69) is 15.3 Å². The second-order valence-electron chi connectivity index (χ2n) is 5.55. The van der Waals surface area contributed by atoms with Crippen molar-refractivity contribution >= 4 is 11.5 Å². The number of anilines is 1. The number of nitrogens with zero attached hydrogens (tertiary/aromatic N) is 3. The summed E-state index contributed by atoms with van der Waals surface area (Å²) in [6, 6.07) is 8.53. The van der Waals surface area contributed by atoms with Gasteiger partial charge in [0.25, 0.3) is 5.69 Å². The molecule has 23 heavy (non-hydrogen) atoms. The molecule has 0 saturated carbocycles. The molecule has 1 aromatic carbocycles. The largest absolute Gasteiger partial charge is 0.381 e. The zero-order valence-corrected chi connectivity index (χ0v) is 12.9. The quantitative estimate of drug-likeness (QED) is 0.689. The van der Waals surface area contributed by atoms with Crippen molar-refractivity contribution < 1.29 is 9.66 Å². The van der Waals surface area contributed by atoms with Crippen LogP contribution < -0.4 is 5.32 Å². The predicted octanol–water partition coefficient (Wildman–Crippen LogP) is 2.95. The van der Waals surface area contributed by atoms with Crippen molar-refractivity contribution in [2.24, 2.45) is 0 Å². The Morgan fingerprint density at radius 3 is 2.57 bits per heavy atom. The summed E-state index contributed by atoms with van der Waals surface area (Å²) in [7, 11) is 0. The molecule has 1 fully saturated rings. The lowest BCUT2D eigenvalue weighted by Gasteiger charge is -2.23. The molecule has 0 bridgehead atoms. The van der Waals surface area contributed by atoms with Crippen LogP contribution in [-0.2, 0) is 4.74 Å². The second kappa shape index (κ2) is 6.70. The highest BCUT2D eigenvalue weighted by Gasteiger charge is 2.15. The fourth-order valence-corrected chi connectivity index (χ4v) is 2.55. The van der Waals surface area contributed by atoms with Gasteiger partial charge >= 0.3 is 0 Å². The summed E-state index contributed by atoms with van der Waals surface area (Å²) >= 11 is 0. The lowest BCUT2D eigenvalue weighted by atomic mass is 10.1. The van der Waals surface area contributed by atoms with Crippen molar-refractivity contribution in [1.82, 2.24) is 9.97 Å². The van der Waals surface area contributed by atoms with E-state index in [-0.39, 0.29) is 5.69 Å². The van der Waals surface area contributed by atoms with Crippen LogP contribution in [0.25, 0.3) is 11.4 Å². The SMILES string of the molecule is Cc1cc(NC2CCOCC2)nc(-c2ccc([N+](=O)[O-])cc2)n1. The van der Waals surface area contributed by atoms with Crippen LogP contribution in [0, 0.1) is 17.0 Å². The van der Waals surface area contributed by atoms with Gasteiger partial charge in [-0.1, -0.05) is 0 Å². The maximum absolute atomic E-state index is 10.7. The molecule has 0 atom stereocenters. The number of nitrogens with one attached hydrogen (secondary N) is 1. The normalized spacial score (nSPS) is 15.3. The molecule has 0 unspecified atom stereocenters. The summed E-state index contributed by atoms with van der Waals surface area (Å²) in [6.07, 6.45) is 1.91. The van der Waals surface area contributed by atoms with E-state index in [1.807, 2.05) is 13.0 Å². The van der Waals surface area contributed by atoms with Gasteiger partial charge in [0.15, 0.2) is 5.82 Å². The van der Waals surface area contributed by atoms with Crippen LogP contribution in [0.3, 0.4) is 0 Å². The van der Waals surface area contributed by atoms with Crippen molar-refractivity contribution in [2.75, 3.05) is 18.5 Å². The lowest BCUT2D eigenvalue weighted by molar-refractivity contribution is -0.384. The number of aryl methyl sites for hydroxylation is 1. The van der Waals surface area contributed by atoms with E-state index in [0.717, 1.165) is 43.1 Å². The molecular weight excluding hydrogens is 296 g/mol. The van der Waals surface area contributed by atoms with Crippen molar-refractivity contribution in [1.29, 1.82) is 0 Å². The van der Waals surface area contributed by atoms with Crippen molar-refractivity contribution in [3.63, 3.8) is 0 Å². The van der Waals surface area contributed by atoms with Crippen LogP contribution >= 0.6 is 0 Å². The summed E-state index contributed by atoms with van der Waals surface area (Å²) in [5, 5.41) is 14.2. The van der Waals surface area contributed by atoms with Crippen molar-refractivity contribution in [2.45, 2.75) is 25.8 Å². The predicted molar refractivity (Wildman–Crippen MR) is 86.3 cm³/mol. The number of ether oxygens (including phenoxy) is 1. The fourth-order valence-electron chi connectivity index (χ4n) is 2.55. The molecule has 0 aliphatic carbocycles. The molecule has 0 amide bonds. The highest BCUT2D eigenvalue weighted by molar-refractivity contribution is 5.59. The Kier molecular flexibility index (Phi) is 4.47. The third-order valence-corrected chi connectivity index (χ3v) is 3.76. The third kappa shape index (κ3) is 3.81. The minimum absolute atomic E-state index is 0.0574. The van der Waals surface area contributed by atoms with Gasteiger partial charge in [0.1, 0.15) is 5.82 Å². The topological polar surface area (TPSA) is 90.2 Å². The molecule has 1 aliphatic rings. The molecule has 2 heterocycles. The smallest absolute Gasteiger partial charge is 0.269 e. The first kappa shape index (κ1) is 15.4. The molecule has 1 saturated heterocycles. The Morgan fingerprint density at radius 1 is 1.22 bits per heavy atom. The summed E-state index contributed by atoms with van der Waals surface area (Å²) in [5.41, 5.74) is 1.67. The summed E-state index contributed by atoms with van der Waals surface area (Å²) in [6.45, 7) is 3.43. The summed E-state index contributed by atoms with van der Waals surface area (Å²) < 4.78 is 5.36. The standard InChI is InChI=1S/C16H18N4O3/c1-11-10-15(18-13-6-8-23-9-7-13)19-16(17-11)12-2-4-14(5-3-12)20(21)22/h2-5,10,13H,6-9H2,1H3,(H,17,18,19). The monoisotopic (exact) mass is 314 g/mol. The van der Waals surface area contributed by atoms with Gasteiger partial charge in [0, 0.05) is 48.7 Å². The minimum Gasteiger partial charge on any atom is -0.381 e.